The fourth-order valence-electron chi connectivity index (χ4n) is 2.05. The van der Waals surface area contributed by atoms with E-state index in [4.69, 9.17) is 10.5 Å². The normalized spacial score (nSPS) is 10.8. The molecular formula is C15H16N4O. The minimum atomic E-state index is 0.635. The average Bonchev–Trinajstić information content (AvgIpc) is 2.90. The molecular weight excluding hydrogens is 252 g/mol. The summed E-state index contributed by atoms with van der Waals surface area (Å²) in [6, 6.07) is 11.5. The van der Waals surface area contributed by atoms with Gasteiger partial charge >= 0.3 is 0 Å². The van der Waals surface area contributed by atoms with Gasteiger partial charge in [-0.3, -0.25) is 4.40 Å². The SMILES string of the molecule is CCCOc1cc(-c2nnc3ccccn23)ccc1N. The van der Waals surface area contributed by atoms with Crippen LogP contribution in [0.2, 0.25) is 0 Å². The van der Waals surface area contributed by atoms with Crippen molar-refractivity contribution in [1.82, 2.24) is 14.6 Å². The van der Waals surface area contributed by atoms with E-state index in [9.17, 15) is 0 Å². The van der Waals surface area contributed by atoms with Crippen LogP contribution < -0.4 is 10.5 Å². The Morgan fingerprint density at radius 2 is 2.10 bits per heavy atom. The van der Waals surface area contributed by atoms with Gasteiger partial charge in [-0.25, -0.2) is 0 Å². The minimum absolute atomic E-state index is 0.635. The average molecular weight is 268 g/mol. The first kappa shape index (κ1) is 12.5. The van der Waals surface area contributed by atoms with Crippen LogP contribution >= 0.6 is 0 Å². The van der Waals surface area contributed by atoms with Crippen LogP contribution in [0.25, 0.3) is 17.0 Å². The van der Waals surface area contributed by atoms with Gasteiger partial charge in [0.25, 0.3) is 0 Å². The van der Waals surface area contributed by atoms with Crippen LogP contribution in [0.3, 0.4) is 0 Å². The topological polar surface area (TPSA) is 65.4 Å². The van der Waals surface area contributed by atoms with Crippen molar-refractivity contribution in [2.75, 3.05) is 12.3 Å². The van der Waals surface area contributed by atoms with E-state index in [0.29, 0.717) is 18.0 Å². The molecule has 2 aromatic heterocycles. The largest absolute Gasteiger partial charge is 0.491 e. The van der Waals surface area contributed by atoms with Crippen molar-refractivity contribution in [3.05, 3.63) is 42.6 Å². The van der Waals surface area contributed by atoms with Crippen molar-refractivity contribution in [3.8, 4) is 17.1 Å². The number of nitrogens with two attached hydrogens (primary N) is 1. The number of hydrogen-bond donors (Lipinski definition) is 1. The zero-order chi connectivity index (χ0) is 13.9. The van der Waals surface area contributed by atoms with Crippen molar-refractivity contribution in [2.45, 2.75) is 13.3 Å². The minimum Gasteiger partial charge on any atom is -0.491 e. The van der Waals surface area contributed by atoms with E-state index in [1.165, 1.54) is 0 Å². The number of rotatable bonds is 4. The lowest BCUT2D eigenvalue weighted by molar-refractivity contribution is 0.319. The third kappa shape index (κ3) is 2.18. The van der Waals surface area contributed by atoms with Crippen LogP contribution in [0, 0.1) is 0 Å². The Balaban J connectivity index is 2.05. The monoisotopic (exact) mass is 268 g/mol. The molecule has 0 radical (unpaired) electrons. The molecule has 0 aliphatic heterocycles. The van der Waals surface area contributed by atoms with Gasteiger partial charge in [-0.1, -0.05) is 13.0 Å². The van der Waals surface area contributed by atoms with Gasteiger partial charge in [0, 0.05) is 11.8 Å². The number of nitrogen functional groups attached to an aromatic ring is 1. The Labute approximate surface area is 117 Å². The van der Waals surface area contributed by atoms with Gasteiger partial charge in [0.2, 0.25) is 0 Å². The highest BCUT2D eigenvalue weighted by Gasteiger charge is 2.10. The number of fused-ring (bicyclic) bond motifs is 1. The van der Waals surface area contributed by atoms with Gasteiger partial charge in [0.1, 0.15) is 5.75 Å². The molecule has 0 saturated heterocycles. The zero-order valence-corrected chi connectivity index (χ0v) is 11.3. The maximum atomic E-state index is 5.93. The summed E-state index contributed by atoms with van der Waals surface area (Å²) in [7, 11) is 0. The number of benzene rings is 1. The fourth-order valence-corrected chi connectivity index (χ4v) is 2.05. The van der Waals surface area contributed by atoms with E-state index in [-0.39, 0.29) is 0 Å². The highest BCUT2D eigenvalue weighted by molar-refractivity contribution is 5.67. The van der Waals surface area contributed by atoms with E-state index >= 15 is 0 Å². The van der Waals surface area contributed by atoms with Crippen LogP contribution in [0.15, 0.2) is 42.6 Å². The van der Waals surface area contributed by atoms with Crippen LogP contribution in [0.1, 0.15) is 13.3 Å². The van der Waals surface area contributed by atoms with Crippen LogP contribution in [0.5, 0.6) is 5.75 Å². The molecule has 1 aromatic carbocycles. The fraction of sp³-hybridized carbons (Fsp3) is 0.200. The third-order valence-corrected chi connectivity index (χ3v) is 3.05. The van der Waals surface area contributed by atoms with E-state index in [1.807, 2.05) is 47.0 Å². The van der Waals surface area contributed by atoms with Crippen LogP contribution in [-0.2, 0) is 0 Å². The molecule has 102 valence electrons. The molecule has 0 spiro atoms. The van der Waals surface area contributed by atoms with Gasteiger partial charge in [-0.2, -0.15) is 0 Å². The summed E-state index contributed by atoms with van der Waals surface area (Å²) in [6.07, 6.45) is 2.88. The third-order valence-electron chi connectivity index (χ3n) is 3.05. The number of hydrogen-bond acceptors (Lipinski definition) is 4. The second-order valence-electron chi connectivity index (χ2n) is 4.55. The van der Waals surface area contributed by atoms with E-state index in [0.717, 1.165) is 23.5 Å². The first-order valence-electron chi connectivity index (χ1n) is 6.62. The first-order chi connectivity index (χ1) is 9.79. The highest BCUT2D eigenvalue weighted by atomic mass is 16.5. The van der Waals surface area contributed by atoms with Gasteiger partial charge in [-0.15, -0.1) is 10.2 Å². The molecule has 0 bridgehead atoms. The Morgan fingerprint density at radius 3 is 2.95 bits per heavy atom. The van der Waals surface area contributed by atoms with Crippen molar-refractivity contribution in [2.24, 2.45) is 0 Å². The molecule has 0 aliphatic carbocycles. The standard InChI is InChI=1S/C15H16N4O/c1-2-9-20-13-10-11(6-7-12(13)16)15-18-17-14-5-3-4-8-19(14)15/h3-8,10H,2,9,16H2,1H3. The van der Waals surface area contributed by atoms with Gasteiger partial charge in [-0.05, 0) is 36.8 Å². The maximum Gasteiger partial charge on any atom is 0.168 e. The smallest absolute Gasteiger partial charge is 0.168 e. The van der Waals surface area contributed by atoms with Crippen LogP contribution in [0.4, 0.5) is 5.69 Å². The van der Waals surface area contributed by atoms with E-state index in [1.54, 1.807) is 0 Å². The Hall–Kier alpha value is -2.56. The highest BCUT2D eigenvalue weighted by Crippen LogP contribution is 2.28. The van der Waals surface area contributed by atoms with Crippen molar-refractivity contribution in [3.63, 3.8) is 0 Å². The van der Waals surface area contributed by atoms with Crippen molar-refractivity contribution >= 4 is 11.3 Å². The van der Waals surface area contributed by atoms with Gasteiger partial charge in [0.05, 0.1) is 12.3 Å². The molecule has 20 heavy (non-hydrogen) atoms. The lowest BCUT2D eigenvalue weighted by atomic mass is 10.2. The predicted molar refractivity (Wildman–Crippen MR) is 78.6 cm³/mol. The Morgan fingerprint density at radius 1 is 1.20 bits per heavy atom. The lowest BCUT2D eigenvalue weighted by Crippen LogP contribution is -1.99. The predicted octanol–water partition coefficient (Wildman–Crippen LogP) is 2.77. The summed E-state index contributed by atoms with van der Waals surface area (Å²) < 4.78 is 7.59. The molecule has 0 aliphatic rings. The lowest BCUT2D eigenvalue weighted by Gasteiger charge is -2.09. The van der Waals surface area contributed by atoms with Crippen molar-refractivity contribution in [1.29, 1.82) is 0 Å². The number of anilines is 1. The van der Waals surface area contributed by atoms with E-state index < -0.39 is 0 Å². The van der Waals surface area contributed by atoms with Gasteiger partial charge < -0.3 is 10.5 Å². The summed E-state index contributed by atoms with van der Waals surface area (Å²) in [5.41, 5.74) is 8.31. The number of pyridine rings is 1. The summed E-state index contributed by atoms with van der Waals surface area (Å²) >= 11 is 0. The molecule has 2 heterocycles. The quantitative estimate of drug-likeness (QED) is 0.739. The molecule has 2 N–H and O–H groups in total. The Kier molecular flexibility index (Phi) is 3.25. The van der Waals surface area contributed by atoms with E-state index in [2.05, 4.69) is 17.1 Å². The summed E-state index contributed by atoms with van der Waals surface area (Å²) in [5, 5.41) is 8.38. The molecule has 3 rings (SSSR count). The molecule has 3 aromatic rings. The summed E-state index contributed by atoms with van der Waals surface area (Å²) in [4.78, 5) is 0. The van der Waals surface area contributed by atoms with Gasteiger partial charge in [0.15, 0.2) is 11.5 Å². The molecule has 0 atom stereocenters. The van der Waals surface area contributed by atoms with Crippen LogP contribution in [-0.4, -0.2) is 21.2 Å². The number of ether oxygens (including phenoxy) is 1. The molecule has 0 amide bonds. The molecule has 5 heteroatoms. The molecule has 0 fully saturated rings. The molecule has 0 saturated carbocycles. The summed E-state index contributed by atoms with van der Waals surface area (Å²) in [5.74, 6) is 1.47. The van der Waals surface area contributed by atoms with Crippen molar-refractivity contribution < 1.29 is 4.74 Å². The number of aromatic nitrogens is 3. The second kappa shape index (κ2) is 5.21. The first-order valence-corrected chi connectivity index (χ1v) is 6.62. The zero-order valence-electron chi connectivity index (χ0n) is 11.3. The Bertz CT molecular complexity index is 736. The maximum absolute atomic E-state index is 5.93. The molecule has 0 unspecified atom stereocenters. The molecule has 5 nitrogen and oxygen atoms in total. The second-order valence-corrected chi connectivity index (χ2v) is 4.55. The number of nitrogens with zero attached hydrogens (tertiary/aromatic N) is 3. The summed E-state index contributed by atoms with van der Waals surface area (Å²) in [6.45, 7) is 2.71.